The van der Waals surface area contributed by atoms with Crippen molar-refractivity contribution in [2.45, 2.75) is 20.8 Å². The SMILES string of the molecule is COCC(=O)N1CCN(C(=O)/C=C/c2cc(C)n(-c3ccc(C)cc3)c2C)CC1. The van der Waals surface area contributed by atoms with Crippen molar-refractivity contribution in [2.75, 3.05) is 39.9 Å². The normalized spacial score (nSPS) is 14.6. The van der Waals surface area contributed by atoms with Gasteiger partial charge in [0.25, 0.3) is 0 Å². The first kappa shape index (κ1) is 20.9. The lowest BCUT2D eigenvalue weighted by Crippen LogP contribution is -2.51. The van der Waals surface area contributed by atoms with Gasteiger partial charge in [0.1, 0.15) is 6.61 Å². The van der Waals surface area contributed by atoms with Gasteiger partial charge in [-0.25, -0.2) is 0 Å². The molecule has 0 bridgehead atoms. The third kappa shape index (κ3) is 4.77. The first-order chi connectivity index (χ1) is 13.9. The van der Waals surface area contributed by atoms with Gasteiger partial charge >= 0.3 is 0 Å². The van der Waals surface area contributed by atoms with E-state index in [1.54, 1.807) is 15.9 Å². The van der Waals surface area contributed by atoms with Gasteiger partial charge < -0.3 is 19.1 Å². The lowest BCUT2D eigenvalue weighted by molar-refractivity contribution is -0.140. The number of rotatable bonds is 5. The molecule has 0 radical (unpaired) electrons. The Kier molecular flexibility index (Phi) is 6.54. The van der Waals surface area contributed by atoms with E-state index in [0.29, 0.717) is 26.2 Å². The smallest absolute Gasteiger partial charge is 0.248 e. The first-order valence-corrected chi connectivity index (χ1v) is 9.90. The summed E-state index contributed by atoms with van der Waals surface area (Å²) in [5.41, 5.74) is 5.61. The maximum atomic E-state index is 12.6. The molecule has 0 atom stereocenters. The molecule has 29 heavy (non-hydrogen) atoms. The molecule has 0 aliphatic carbocycles. The number of hydrogen-bond donors (Lipinski definition) is 0. The van der Waals surface area contributed by atoms with Crippen molar-refractivity contribution < 1.29 is 14.3 Å². The van der Waals surface area contributed by atoms with Crippen LogP contribution in [0.4, 0.5) is 0 Å². The number of aryl methyl sites for hydroxylation is 2. The van der Waals surface area contributed by atoms with Crippen LogP contribution in [0.25, 0.3) is 11.8 Å². The van der Waals surface area contributed by atoms with Crippen LogP contribution in [0.3, 0.4) is 0 Å². The Balaban J connectivity index is 1.66. The fourth-order valence-corrected chi connectivity index (χ4v) is 3.70. The van der Waals surface area contributed by atoms with Gasteiger partial charge in [-0.2, -0.15) is 0 Å². The maximum Gasteiger partial charge on any atom is 0.248 e. The molecule has 154 valence electrons. The highest BCUT2D eigenvalue weighted by Gasteiger charge is 2.22. The number of hydrogen-bond acceptors (Lipinski definition) is 3. The van der Waals surface area contributed by atoms with Crippen LogP contribution in [0.1, 0.15) is 22.5 Å². The summed E-state index contributed by atoms with van der Waals surface area (Å²) >= 11 is 0. The highest BCUT2D eigenvalue weighted by atomic mass is 16.5. The fourth-order valence-electron chi connectivity index (χ4n) is 3.70. The van der Waals surface area contributed by atoms with Crippen molar-refractivity contribution in [1.29, 1.82) is 0 Å². The molecule has 1 aliphatic rings. The van der Waals surface area contributed by atoms with Gasteiger partial charge in [-0.05, 0) is 50.6 Å². The topological polar surface area (TPSA) is 54.8 Å². The van der Waals surface area contributed by atoms with Crippen molar-refractivity contribution in [3.63, 3.8) is 0 Å². The van der Waals surface area contributed by atoms with Crippen LogP contribution in [-0.2, 0) is 14.3 Å². The quantitative estimate of drug-likeness (QED) is 0.732. The molecule has 6 heteroatoms. The van der Waals surface area contributed by atoms with E-state index in [4.69, 9.17) is 4.74 Å². The van der Waals surface area contributed by atoms with Gasteiger partial charge in [-0.3, -0.25) is 9.59 Å². The van der Waals surface area contributed by atoms with E-state index in [0.717, 1.165) is 22.6 Å². The van der Waals surface area contributed by atoms with Crippen molar-refractivity contribution in [3.8, 4) is 5.69 Å². The van der Waals surface area contributed by atoms with E-state index >= 15 is 0 Å². The molecule has 0 spiro atoms. The molecule has 2 amide bonds. The van der Waals surface area contributed by atoms with E-state index in [1.807, 2.05) is 6.08 Å². The molecule has 1 saturated heterocycles. The van der Waals surface area contributed by atoms with Gasteiger partial charge in [-0.15, -0.1) is 0 Å². The van der Waals surface area contributed by atoms with E-state index in [-0.39, 0.29) is 18.4 Å². The summed E-state index contributed by atoms with van der Waals surface area (Å²) in [7, 11) is 1.51. The van der Waals surface area contributed by atoms with E-state index in [9.17, 15) is 9.59 Å². The standard InChI is InChI=1S/C23H29N3O3/c1-17-5-8-21(9-6-17)26-18(2)15-20(19(26)3)7-10-22(27)24-11-13-25(14-12-24)23(28)16-29-4/h5-10,15H,11-14,16H2,1-4H3/b10-7+. The van der Waals surface area contributed by atoms with Gasteiger partial charge in [0.2, 0.25) is 11.8 Å². The van der Waals surface area contributed by atoms with Crippen molar-refractivity contribution >= 4 is 17.9 Å². The zero-order valence-electron chi connectivity index (χ0n) is 17.6. The van der Waals surface area contributed by atoms with Crippen molar-refractivity contribution in [1.82, 2.24) is 14.4 Å². The number of benzene rings is 1. The lowest BCUT2D eigenvalue weighted by atomic mass is 10.2. The largest absolute Gasteiger partial charge is 0.375 e. The van der Waals surface area contributed by atoms with Crippen molar-refractivity contribution in [2.24, 2.45) is 0 Å². The molecule has 0 N–H and O–H groups in total. The van der Waals surface area contributed by atoms with Gasteiger partial charge in [-0.1, -0.05) is 17.7 Å². The molecule has 6 nitrogen and oxygen atoms in total. The number of aromatic nitrogens is 1. The predicted molar refractivity (Wildman–Crippen MR) is 114 cm³/mol. The summed E-state index contributed by atoms with van der Waals surface area (Å²) in [6, 6.07) is 10.5. The summed E-state index contributed by atoms with van der Waals surface area (Å²) in [5.74, 6) is -0.0531. The summed E-state index contributed by atoms with van der Waals surface area (Å²) < 4.78 is 7.09. The Morgan fingerprint density at radius 2 is 1.62 bits per heavy atom. The Labute approximate surface area is 172 Å². The average Bonchev–Trinajstić information content (AvgIpc) is 3.00. The summed E-state index contributed by atoms with van der Waals surface area (Å²) in [6.45, 7) is 8.48. The number of carbonyl (C=O) groups is 2. The lowest BCUT2D eigenvalue weighted by Gasteiger charge is -2.34. The molecule has 2 aromatic rings. The Morgan fingerprint density at radius 1 is 1.00 bits per heavy atom. The number of amides is 2. The third-order valence-electron chi connectivity index (χ3n) is 5.38. The molecule has 1 fully saturated rings. The van der Waals surface area contributed by atoms with Crippen LogP contribution in [0.5, 0.6) is 0 Å². The van der Waals surface area contributed by atoms with Crippen LogP contribution in [0, 0.1) is 20.8 Å². The number of nitrogens with zero attached hydrogens (tertiary/aromatic N) is 3. The molecule has 2 heterocycles. The van der Waals surface area contributed by atoms with Crippen molar-refractivity contribution in [3.05, 3.63) is 58.9 Å². The number of ether oxygens (including phenoxy) is 1. The summed E-state index contributed by atoms with van der Waals surface area (Å²) in [4.78, 5) is 28.0. The molecule has 1 aromatic carbocycles. The number of methoxy groups -OCH3 is 1. The van der Waals surface area contributed by atoms with Gasteiger partial charge in [0, 0.05) is 56.4 Å². The highest BCUT2D eigenvalue weighted by Crippen LogP contribution is 2.22. The number of piperazine rings is 1. The molecular weight excluding hydrogens is 366 g/mol. The molecule has 1 aromatic heterocycles. The van der Waals surface area contributed by atoms with E-state index in [2.05, 4.69) is 55.7 Å². The minimum atomic E-state index is -0.0290. The summed E-state index contributed by atoms with van der Waals surface area (Å²) in [6.07, 6.45) is 3.52. The van der Waals surface area contributed by atoms with Crippen LogP contribution in [-0.4, -0.2) is 66.1 Å². The minimum absolute atomic E-state index is 0.0241. The average molecular weight is 396 g/mol. The van der Waals surface area contributed by atoms with Crippen LogP contribution in [0.2, 0.25) is 0 Å². The number of carbonyl (C=O) groups excluding carboxylic acids is 2. The maximum absolute atomic E-state index is 12.6. The molecule has 0 saturated carbocycles. The Bertz CT molecular complexity index is 904. The van der Waals surface area contributed by atoms with Crippen LogP contribution < -0.4 is 0 Å². The second kappa shape index (κ2) is 9.09. The first-order valence-electron chi connectivity index (χ1n) is 9.90. The molecule has 0 unspecified atom stereocenters. The molecule has 3 rings (SSSR count). The van der Waals surface area contributed by atoms with E-state index in [1.165, 1.54) is 12.7 Å². The zero-order chi connectivity index (χ0) is 21.0. The molecule has 1 aliphatic heterocycles. The second-order valence-corrected chi connectivity index (χ2v) is 7.47. The van der Waals surface area contributed by atoms with Gasteiger partial charge in [0.05, 0.1) is 0 Å². The van der Waals surface area contributed by atoms with Crippen LogP contribution in [0.15, 0.2) is 36.4 Å². The Morgan fingerprint density at radius 3 is 2.24 bits per heavy atom. The second-order valence-electron chi connectivity index (χ2n) is 7.47. The third-order valence-corrected chi connectivity index (χ3v) is 5.38. The minimum Gasteiger partial charge on any atom is -0.375 e. The van der Waals surface area contributed by atoms with Gasteiger partial charge in [0.15, 0.2) is 0 Å². The molecular formula is C23H29N3O3. The fraction of sp³-hybridized carbons (Fsp3) is 0.391. The zero-order valence-corrected chi connectivity index (χ0v) is 17.6. The predicted octanol–water partition coefficient (Wildman–Crippen LogP) is 2.73. The monoisotopic (exact) mass is 395 g/mol. The summed E-state index contributed by atoms with van der Waals surface area (Å²) in [5, 5.41) is 0. The highest BCUT2D eigenvalue weighted by molar-refractivity contribution is 5.92. The Hall–Kier alpha value is -2.86. The van der Waals surface area contributed by atoms with Crippen LogP contribution >= 0.6 is 0 Å². The van der Waals surface area contributed by atoms with E-state index < -0.39 is 0 Å².